The summed E-state index contributed by atoms with van der Waals surface area (Å²) in [5.74, 6) is 0.946. The van der Waals surface area contributed by atoms with Crippen molar-refractivity contribution < 1.29 is 9.53 Å². The van der Waals surface area contributed by atoms with Crippen LogP contribution in [0, 0.1) is 0 Å². The molecule has 0 saturated heterocycles. The number of tetrazole rings is 1. The van der Waals surface area contributed by atoms with Gasteiger partial charge in [-0.05, 0) is 29.0 Å². The number of hydrogen-bond donors (Lipinski definition) is 1. The number of thioether (sulfide) groups is 1. The van der Waals surface area contributed by atoms with Gasteiger partial charge in [0.25, 0.3) is 0 Å². The Labute approximate surface area is 146 Å². The van der Waals surface area contributed by atoms with Crippen LogP contribution in [0.4, 0.5) is 0 Å². The van der Waals surface area contributed by atoms with Crippen LogP contribution in [0.5, 0.6) is 5.75 Å². The van der Waals surface area contributed by atoms with E-state index in [1.54, 1.807) is 11.8 Å². The number of unbranched alkanes of at least 4 members (excludes halogenated alkanes) is 3. The van der Waals surface area contributed by atoms with Gasteiger partial charge in [-0.25, -0.2) is 0 Å². The molecule has 1 aromatic heterocycles. The average molecular weight is 349 g/mol. The highest BCUT2D eigenvalue weighted by Gasteiger charge is 2.14. The summed E-state index contributed by atoms with van der Waals surface area (Å²) in [6.45, 7) is 2.89. The fourth-order valence-corrected chi connectivity index (χ4v) is 2.90. The molecule has 8 heteroatoms. The first-order chi connectivity index (χ1) is 11.8. The lowest BCUT2D eigenvalue weighted by Gasteiger charge is -2.09. The van der Waals surface area contributed by atoms with Crippen LogP contribution in [-0.2, 0) is 4.79 Å². The first-order valence-corrected chi connectivity index (χ1v) is 9.06. The summed E-state index contributed by atoms with van der Waals surface area (Å²) in [4.78, 5) is 11.9. The summed E-state index contributed by atoms with van der Waals surface area (Å²) >= 11 is 1.30. The third kappa shape index (κ3) is 5.23. The zero-order valence-electron chi connectivity index (χ0n) is 14.1. The summed E-state index contributed by atoms with van der Waals surface area (Å²) in [6, 6.07) is 7.48. The lowest BCUT2D eigenvalue weighted by Crippen LogP contribution is -2.26. The van der Waals surface area contributed by atoms with Crippen molar-refractivity contribution in [3.63, 3.8) is 0 Å². The topological polar surface area (TPSA) is 81.9 Å². The van der Waals surface area contributed by atoms with Crippen molar-refractivity contribution in [2.24, 2.45) is 0 Å². The molecule has 0 saturated carbocycles. The van der Waals surface area contributed by atoms with Crippen molar-refractivity contribution in [2.45, 2.75) is 37.8 Å². The highest BCUT2D eigenvalue weighted by Crippen LogP contribution is 2.25. The van der Waals surface area contributed by atoms with Crippen molar-refractivity contribution in [2.75, 3.05) is 19.4 Å². The molecule has 7 nitrogen and oxygen atoms in total. The van der Waals surface area contributed by atoms with Crippen LogP contribution >= 0.6 is 11.8 Å². The molecule has 130 valence electrons. The smallest absolute Gasteiger partial charge is 0.230 e. The number of nitrogens with zero attached hydrogens (tertiary/aromatic N) is 4. The number of nitrogens with one attached hydrogen (secondary N) is 1. The maximum absolute atomic E-state index is 11.9. The van der Waals surface area contributed by atoms with Crippen molar-refractivity contribution in [3.05, 3.63) is 24.3 Å². The van der Waals surface area contributed by atoms with Crippen molar-refractivity contribution in [1.29, 1.82) is 0 Å². The molecule has 2 rings (SSSR count). The van der Waals surface area contributed by atoms with E-state index < -0.39 is 0 Å². The minimum atomic E-state index is -0.00826. The van der Waals surface area contributed by atoms with Crippen LogP contribution in [0.3, 0.4) is 0 Å². The van der Waals surface area contributed by atoms with E-state index in [0.717, 1.165) is 25.1 Å². The fraction of sp³-hybridized carbons (Fsp3) is 0.500. The molecule has 1 amide bonds. The standard InChI is InChI=1S/C16H23N5O2S/c1-3-4-5-8-11-17-15(22)12-24-16-18-19-20-21(16)13-9-6-7-10-14(13)23-2/h6-7,9-10H,3-5,8,11-12H2,1-2H3,(H,17,22). The maximum Gasteiger partial charge on any atom is 0.230 e. The number of benzene rings is 1. The molecule has 0 aliphatic carbocycles. The normalized spacial score (nSPS) is 10.6. The predicted octanol–water partition coefficient (Wildman–Crippen LogP) is 2.46. The lowest BCUT2D eigenvalue weighted by atomic mass is 10.2. The zero-order chi connectivity index (χ0) is 17.2. The summed E-state index contributed by atoms with van der Waals surface area (Å²) in [6.07, 6.45) is 4.56. The van der Waals surface area contributed by atoms with E-state index in [0.29, 0.717) is 10.9 Å². The van der Waals surface area contributed by atoms with Gasteiger partial charge in [-0.15, -0.1) is 5.10 Å². The van der Waals surface area contributed by atoms with Crippen LogP contribution in [0.15, 0.2) is 29.4 Å². The minimum absolute atomic E-state index is 0.00826. The highest BCUT2D eigenvalue weighted by molar-refractivity contribution is 7.99. The number of ether oxygens (including phenoxy) is 1. The monoisotopic (exact) mass is 349 g/mol. The Morgan fingerprint density at radius 1 is 1.29 bits per heavy atom. The third-order valence-corrected chi connectivity index (χ3v) is 4.36. The molecule has 2 aromatic rings. The SMILES string of the molecule is CCCCCCNC(=O)CSc1nnnn1-c1ccccc1OC. The highest BCUT2D eigenvalue weighted by atomic mass is 32.2. The van der Waals surface area contributed by atoms with Crippen molar-refractivity contribution in [3.8, 4) is 11.4 Å². The molecule has 1 aromatic carbocycles. The van der Waals surface area contributed by atoms with E-state index in [2.05, 4.69) is 27.8 Å². The first-order valence-electron chi connectivity index (χ1n) is 8.07. The van der Waals surface area contributed by atoms with Gasteiger partial charge in [0.15, 0.2) is 0 Å². The zero-order valence-corrected chi connectivity index (χ0v) is 14.9. The number of aromatic nitrogens is 4. The fourth-order valence-electron chi connectivity index (χ4n) is 2.19. The summed E-state index contributed by atoms with van der Waals surface area (Å²) < 4.78 is 6.91. The molecule has 0 radical (unpaired) electrons. The van der Waals surface area contributed by atoms with E-state index in [9.17, 15) is 4.79 Å². The molecule has 0 unspecified atom stereocenters. The van der Waals surface area contributed by atoms with Crippen LogP contribution < -0.4 is 10.1 Å². The summed E-state index contributed by atoms with van der Waals surface area (Å²) in [5.41, 5.74) is 0.743. The Kier molecular flexibility index (Phi) is 7.54. The average Bonchev–Trinajstić information content (AvgIpc) is 3.08. The van der Waals surface area contributed by atoms with E-state index in [1.165, 1.54) is 24.6 Å². The molecular formula is C16H23N5O2S. The Hall–Kier alpha value is -2.09. The van der Waals surface area contributed by atoms with E-state index >= 15 is 0 Å². The van der Waals surface area contributed by atoms with Gasteiger partial charge in [0.2, 0.25) is 11.1 Å². The molecular weight excluding hydrogens is 326 g/mol. The minimum Gasteiger partial charge on any atom is -0.494 e. The maximum atomic E-state index is 11.9. The van der Waals surface area contributed by atoms with Gasteiger partial charge in [-0.1, -0.05) is 50.1 Å². The van der Waals surface area contributed by atoms with Gasteiger partial charge >= 0.3 is 0 Å². The molecule has 0 spiro atoms. The Bertz CT molecular complexity index is 647. The largest absolute Gasteiger partial charge is 0.494 e. The van der Waals surface area contributed by atoms with Crippen LogP contribution in [0.1, 0.15) is 32.6 Å². The molecule has 0 bridgehead atoms. The number of hydrogen-bond acceptors (Lipinski definition) is 6. The number of rotatable bonds is 10. The van der Waals surface area contributed by atoms with E-state index in [-0.39, 0.29) is 11.7 Å². The Balaban J connectivity index is 1.88. The second-order valence-electron chi connectivity index (χ2n) is 5.24. The molecule has 0 aliphatic heterocycles. The van der Waals surface area contributed by atoms with Gasteiger partial charge < -0.3 is 10.1 Å². The second kappa shape index (κ2) is 9.92. The number of amides is 1. The van der Waals surface area contributed by atoms with E-state index in [1.807, 2.05) is 24.3 Å². The summed E-state index contributed by atoms with van der Waals surface area (Å²) in [7, 11) is 1.60. The molecule has 24 heavy (non-hydrogen) atoms. The number of carbonyl (C=O) groups is 1. The molecule has 0 aliphatic rings. The van der Waals surface area contributed by atoms with Crippen molar-refractivity contribution in [1.82, 2.24) is 25.5 Å². The van der Waals surface area contributed by atoms with Gasteiger partial charge in [-0.3, -0.25) is 4.79 Å². The lowest BCUT2D eigenvalue weighted by molar-refractivity contribution is -0.118. The Morgan fingerprint density at radius 2 is 2.12 bits per heavy atom. The number of carbonyl (C=O) groups excluding carboxylic acids is 1. The molecule has 1 heterocycles. The molecule has 1 N–H and O–H groups in total. The van der Waals surface area contributed by atoms with Gasteiger partial charge in [-0.2, -0.15) is 4.68 Å². The van der Waals surface area contributed by atoms with Crippen LogP contribution in [0.25, 0.3) is 5.69 Å². The first kappa shape index (κ1) is 18.3. The van der Waals surface area contributed by atoms with Crippen molar-refractivity contribution >= 4 is 17.7 Å². The van der Waals surface area contributed by atoms with Gasteiger partial charge in [0.05, 0.1) is 12.9 Å². The predicted molar refractivity (Wildman–Crippen MR) is 93.6 cm³/mol. The van der Waals surface area contributed by atoms with Crippen LogP contribution in [-0.4, -0.2) is 45.5 Å². The van der Waals surface area contributed by atoms with E-state index in [4.69, 9.17) is 4.74 Å². The van der Waals surface area contributed by atoms with Gasteiger partial charge in [0.1, 0.15) is 11.4 Å². The third-order valence-electron chi connectivity index (χ3n) is 3.44. The number of methoxy groups -OCH3 is 1. The number of para-hydroxylation sites is 2. The van der Waals surface area contributed by atoms with Crippen LogP contribution in [0.2, 0.25) is 0 Å². The van der Waals surface area contributed by atoms with Gasteiger partial charge in [0, 0.05) is 6.54 Å². The molecule has 0 atom stereocenters. The quantitative estimate of drug-likeness (QED) is 0.524. The second-order valence-corrected chi connectivity index (χ2v) is 6.19. The Morgan fingerprint density at radius 3 is 2.92 bits per heavy atom. The molecule has 0 fully saturated rings. The summed E-state index contributed by atoms with van der Waals surface area (Å²) in [5, 5.41) is 15.2.